The molecule has 0 aliphatic heterocycles. The predicted octanol–water partition coefficient (Wildman–Crippen LogP) is 1.91. The summed E-state index contributed by atoms with van der Waals surface area (Å²) < 4.78 is 10.2. The molecule has 1 rings (SSSR count). The third-order valence-corrected chi connectivity index (χ3v) is 3.80. The number of hydrogen-bond acceptors (Lipinski definition) is 5. The summed E-state index contributed by atoms with van der Waals surface area (Å²) in [4.78, 5) is 1.18. The Balaban J connectivity index is 2.26. The van der Waals surface area contributed by atoms with Gasteiger partial charge in [-0.25, -0.2) is 0 Å². The minimum absolute atomic E-state index is 0.355. The van der Waals surface area contributed by atoms with Crippen LogP contribution in [-0.4, -0.2) is 50.4 Å². The summed E-state index contributed by atoms with van der Waals surface area (Å²) in [6.45, 7) is 5.39. The Labute approximate surface area is 125 Å². The van der Waals surface area contributed by atoms with Crippen molar-refractivity contribution in [3.8, 4) is 0 Å². The average molecular weight is 299 g/mol. The Bertz CT molecular complexity index is 363. The highest BCUT2D eigenvalue weighted by Gasteiger charge is 2.06. The molecule has 114 valence electrons. The molecule has 0 aromatic heterocycles. The summed E-state index contributed by atoms with van der Waals surface area (Å²) >= 11 is 1.65. The lowest BCUT2D eigenvalue weighted by Crippen LogP contribution is -2.19. The number of nitrogens with one attached hydrogen (secondary N) is 1. The van der Waals surface area contributed by atoms with Crippen LogP contribution in [0.25, 0.3) is 0 Å². The van der Waals surface area contributed by atoms with Crippen molar-refractivity contribution in [1.29, 1.82) is 0 Å². The molecule has 0 aliphatic rings. The van der Waals surface area contributed by atoms with Crippen molar-refractivity contribution in [2.75, 3.05) is 39.2 Å². The zero-order valence-electron chi connectivity index (χ0n) is 12.3. The van der Waals surface area contributed by atoms with Crippen LogP contribution >= 0.6 is 11.8 Å². The second-order valence-electron chi connectivity index (χ2n) is 4.46. The van der Waals surface area contributed by atoms with E-state index in [1.54, 1.807) is 18.9 Å². The highest BCUT2D eigenvalue weighted by molar-refractivity contribution is 7.99. The van der Waals surface area contributed by atoms with Gasteiger partial charge in [0, 0.05) is 24.3 Å². The van der Waals surface area contributed by atoms with E-state index in [9.17, 15) is 5.11 Å². The van der Waals surface area contributed by atoms with Crippen LogP contribution in [0.1, 0.15) is 12.5 Å². The fraction of sp³-hybridized carbons (Fsp3) is 0.600. The van der Waals surface area contributed by atoms with Gasteiger partial charge in [-0.05, 0) is 24.2 Å². The summed E-state index contributed by atoms with van der Waals surface area (Å²) in [5.41, 5.74) is 1.27. The first-order valence-corrected chi connectivity index (χ1v) is 7.92. The molecule has 0 saturated heterocycles. The fourth-order valence-corrected chi connectivity index (χ4v) is 2.51. The molecule has 1 unspecified atom stereocenters. The first-order chi connectivity index (χ1) is 9.76. The molecule has 0 bridgehead atoms. The van der Waals surface area contributed by atoms with Crippen molar-refractivity contribution in [1.82, 2.24) is 5.32 Å². The molecule has 4 nitrogen and oxygen atoms in total. The van der Waals surface area contributed by atoms with Crippen molar-refractivity contribution < 1.29 is 14.6 Å². The molecule has 0 heterocycles. The van der Waals surface area contributed by atoms with Crippen molar-refractivity contribution >= 4 is 11.8 Å². The van der Waals surface area contributed by atoms with Crippen LogP contribution in [0, 0.1) is 0 Å². The zero-order valence-corrected chi connectivity index (χ0v) is 13.1. The van der Waals surface area contributed by atoms with Gasteiger partial charge >= 0.3 is 0 Å². The summed E-state index contributed by atoms with van der Waals surface area (Å²) in [6, 6.07) is 8.39. The average Bonchev–Trinajstić information content (AvgIpc) is 2.48. The number of aliphatic hydroxyl groups is 1. The van der Waals surface area contributed by atoms with Crippen molar-refractivity contribution in [3.05, 3.63) is 29.8 Å². The van der Waals surface area contributed by atoms with Crippen LogP contribution in [0.5, 0.6) is 0 Å². The maximum atomic E-state index is 9.82. The zero-order chi connectivity index (χ0) is 14.6. The molecule has 0 saturated carbocycles. The topological polar surface area (TPSA) is 50.7 Å². The van der Waals surface area contributed by atoms with E-state index < -0.39 is 6.10 Å². The van der Waals surface area contributed by atoms with E-state index in [4.69, 9.17) is 9.47 Å². The summed E-state index contributed by atoms with van der Waals surface area (Å²) in [6.07, 6.45) is -0.450. The van der Waals surface area contributed by atoms with E-state index in [1.165, 1.54) is 10.5 Å². The Morgan fingerprint density at radius 3 is 2.95 bits per heavy atom. The summed E-state index contributed by atoms with van der Waals surface area (Å²) in [7, 11) is 1.63. The third kappa shape index (κ3) is 7.87. The number of aliphatic hydroxyl groups excluding tert-OH is 1. The van der Waals surface area contributed by atoms with Crippen LogP contribution in [0.4, 0.5) is 0 Å². The molecule has 1 aromatic carbocycles. The van der Waals surface area contributed by atoms with Gasteiger partial charge < -0.3 is 19.9 Å². The van der Waals surface area contributed by atoms with Crippen molar-refractivity contribution in [3.63, 3.8) is 0 Å². The number of methoxy groups -OCH3 is 1. The van der Waals surface area contributed by atoms with Gasteiger partial charge in [-0.15, -0.1) is 11.8 Å². The minimum Gasteiger partial charge on any atom is -0.390 e. The Kier molecular flexibility index (Phi) is 9.70. The van der Waals surface area contributed by atoms with Crippen LogP contribution < -0.4 is 5.32 Å². The third-order valence-electron chi connectivity index (χ3n) is 2.66. The lowest BCUT2D eigenvalue weighted by molar-refractivity contribution is 0.0218. The number of rotatable bonds is 11. The van der Waals surface area contributed by atoms with E-state index in [2.05, 4.69) is 36.5 Å². The smallest absolute Gasteiger partial charge is 0.0867 e. The van der Waals surface area contributed by atoms with Gasteiger partial charge in [0.1, 0.15) is 0 Å². The minimum atomic E-state index is -0.450. The standard InChI is InChI=1S/C15H25NO3S/c1-3-16-10-13-5-4-6-15(9-13)20-12-14(17)11-19-8-7-18-2/h4-6,9,14,16-17H,3,7-8,10-12H2,1-2H3. The highest BCUT2D eigenvalue weighted by Crippen LogP contribution is 2.20. The maximum absolute atomic E-state index is 9.82. The van der Waals surface area contributed by atoms with Crippen LogP contribution in [0.15, 0.2) is 29.2 Å². The number of benzene rings is 1. The van der Waals surface area contributed by atoms with E-state index in [1.807, 2.05) is 0 Å². The molecule has 2 N–H and O–H groups in total. The SMILES string of the molecule is CCNCc1cccc(SCC(O)COCCOC)c1. The normalized spacial score (nSPS) is 12.6. The monoisotopic (exact) mass is 299 g/mol. The Morgan fingerprint density at radius 2 is 2.20 bits per heavy atom. The molecule has 0 aliphatic carbocycles. The first kappa shape index (κ1) is 17.5. The molecule has 20 heavy (non-hydrogen) atoms. The molecule has 1 atom stereocenters. The number of ether oxygens (including phenoxy) is 2. The molecule has 0 fully saturated rings. The van der Waals surface area contributed by atoms with E-state index in [0.717, 1.165) is 13.1 Å². The number of thioether (sulfide) groups is 1. The van der Waals surface area contributed by atoms with E-state index in [0.29, 0.717) is 25.6 Å². The van der Waals surface area contributed by atoms with Gasteiger partial charge in [-0.2, -0.15) is 0 Å². The van der Waals surface area contributed by atoms with Gasteiger partial charge in [0.2, 0.25) is 0 Å². The van der Waals surface area contributed by atoms with Gasteiger partial charge in [0.05, 0.1) is 25.9 Å². The second kappa shape index (κ2) is 11.1. The maximum Gasteiger partial charge on any atom is 0.0867 e. The molecule has 0 radical (unpaired) electrons. The molecular formula is C15H25NO3S. The molecule has 1 aromatic rings. The lowest BCUT2D eigenvalue weighted by atomic mass is 10.2. The van der Waals surface area contributed by atoms with Gasteiger partial charge in [-0.3, -0.25) is 0 Å². The largest absolute Gasteiger partial charge is 0.390 e. The quantitative estimate of drug-likeness (QED) is 0.483. The van der Waals surface area contributed by atoms with Crippen molar-refractivity contribution in [2.24, 2.45) is 0 Å². The summed E-state index contributed by atoms with van der Waals surface area (Å²) in [5.74, 6) is 0.637. The molecular weight excluding hydrogens is 274 g/mol. The number of hydrogen-bond donors (Lipinski definition) is 2. The lowest BCUT2D eigenvalue weighted by Gasteiger charge is -2.11. The second-order valence-corrected chi connectivity index (χ2v) is 5.55. The fourth-order valence-electron chi connectivity index (χ4n) is 1.62. The van der Waals surface area contributed by atoms with Gasteiger partial charge in [0.15, 0.2) is 0 Å². The van der Waals surface area contributed by atoms with E-state index >= 15 is 0 Å². The van der Waals surface area contributed by atoms with Gasteiger partial charge in [0.25, 0.3) is 0 Å². The van der Waals surface area contributed by atoms with Crippen molar-refractivity contribution in [2.45, 2.75) is 24.5 Å². The highest BCUT2D eigenvalue weighted by atomic mass is 32.2. The molecule has 0 spiro atoms. The molecule has 0 amide bonds. The van der Waals surface area contributed by atoms with E-state index in [-0.39, 0.29) is 0 Å². The van der Waals surface area contributed by atoms with Crippen LogP contribution in [-0.2, 0) is 16.0 Å². The Morgan fingerprint density at radius 1 is 1.35 bits per heavy atom. The Hall–Kier alpha value is -0.590. The van der Waals surface area contributed by atoms with Crippen LogP contribution in [0.2, 0.25) is 0 Å². The van der Waals surface area contributed by atoms with Gasteiger partial charge in [-0.1, -0.05) is 19.1 Å². The molecule has 5 heteroatoms. The van der Waals surface area contributed by atoms with Crippen LogP contribution in [0.3, 0.4) is 0 Å². The summed E-state index contributed by atoms with van der Waals surface area (Å²) in [5, 5.41) is 13.1. The predicted molar refractivity (Wildman–Crippen MR) is 83.2 cm³/mol. The first-order valence-electron chi connectivity index (χ1n) is 6.93.